The van der Waals surface area contributed by atoms with Crippen LogP contribution < -0.4 is 9.64 Å². The summed E-state index contributed by atoms with van der Waals surface area (Å²) in [7, 11) is 1.64. The van der Waals surface area contributed by atoms with Gasteiger partial charge in [-0.3, -0.25) is 4.98 Å². The summed E-state index contributed by atoms with van der Waals surface area (Å²) in [5.74, 6) is 2.17. The van der Waals surface area contributed by atoms with Gasteiger partial charge in [0, 0.05) is 36.4 Å². The lowest BCUT2D eigenvalue weighted by Crippen LogP contribution is -2.37. The van der Waals surface area contributed by atoms with Crippen molar-refractivity contribution in [1.82, 2.24) is 15.0 Å². The number of nitriles is 1. The van der Waals surface area contributed by atoms with E-state index in [9.17, 15) is 5.26 Å². The first-order chi connectivity index (χ1) is 14.8. The summed E-state index contributed by atoms with van der Waals surface area (Å²) in [5.41, 5.74) is 4.02. The summed E-state index contributed by atoms with van der Waals surface area (Å²) in [6.45, 7) is 1.92. The summed E-state index contributed by atoms with van der Waals surface area (Å²) in [5, 5.41) is 10.5. The Balaban J connectivity index is 1.79. The van der Waals surface area contributed by atoms with Gasteiger partial charge in [0.2, 0.25) is 0 Å². The fraction of sp³-hybridized carbons (Fsp3) is 0.167. The highest BCUT2D eigenvalue weighted by molar-refractivity contribution is 5.98. The molecule has 3 heterocycles. The molecular formula is C24H19N5O. The van der Waals surface area contributed by atoms with E-state index in [0.29, 0.717) is 17.1 Å². The number of methoxy groups -OCH3 is 1. The number of benzene rings is 2. The van der Waals surface area contributed by atoms with Crippen molar-refractivity contribution in [1.29, 1.82) is 5.26 Å². The van der Waals surface area contributed by atoms with E-state index in [1.54, 1.807) is 19.5 Å². The average molecular weight is 393 g/mol. The van der Waals surface area contributed by atoms with Gasteiger partial charge in [0.25, 0.3) is 0 Å². The molecule has 1 aliphatic heterocycles. The fourth-order valence-electron chi connectivity index (χ4n) is 3.72. The van der Waals surface area contributed by atoms with Crippen molar-refractivity contribution in [3.8, 4) is 34.3 Å². The molecule has 30 heavy (non-hydrogen) atoms. The number of hydrogen-bond acceptors (Lipinski definition) is 6. The van der Waals surface area contributed by atoms with Crippen LogP contribution in [0.1, 0.15) is 12.0 Å². The van der Waals surface area contributed by atoms with Crippen LogP contribution in [0.15, 0.2) is 60.9 Å². The lowest BCUT2D eigenvalue weighted by Gasteiger charge is -2.33. The highest BCUT2D eigenvalue weighted by Crippen LogP contribution is 2.38. The number of aromatic nitrogens is 3. The number of ether oxygens (including phenoxy) is 1. The number of anilines is 1. The molecule has 0 spiro atoms. The number of rotatable bonds is 4. The van der Waals surface area contributed by atoms with Gasteiger partial charge in [-0.2, -0.15) is 5.26 Å². The van der Waals surface area contributed by atoms with E-state index in [2.05, 4.69) is 22.0 Å². The lowest BCUT2D eigenvalue weighted by molar-refractivity contribution is 0.419. The largest absolute Gasteiger partial charge is 0.494 e. The van der Waals surface area contributed by atoms with Crippen molar-refractivity contribution in [3.05, 3.63) is 66.5 Å². The normalized spacial score (nSPS) is 13.0. The molecule has 5 rings (SSSR count). The molecule has 0 unspecified atom stereocenters. The SMILES string of the molecule is COc1cc(-c2ccccc2C#N)cc2c(N3CCC3)nc(-c3cccnc3)nc12. The standard InChI is InChI=1S/C24H19N5O/c1-30-21-13-18(19-8-3-2-6-16(19)14-25)12-20-22(21)27-23(17-7-4-9-26-15-17)28-24(20)29-10-5-11-29/h2-4,6-9,12-13,15H,5,10-11H2,1H3. The molecule has 2 aromatic heterocycles. The Morgan fingerprint density at radius 1 is 1.03 bits per heavy atom. The van der Waals surface area contributed by atoms with Crippen LogP contribution in [0.2, 0.25) is 0 Å². The maximum Gasteiger partial charge on any atom is 0.163 e. The van der Waals surface area contributed by atoms with E-state index in [4.69, 9.17) is 14.7 Å². The highest BCUT2D eigenvalue weighted by Gasteiger charge is 2.23. The van der Waals surface area contributed by atoms with Crippen LogP contribution >= 0.6 is 0 Å². The summed E-state index contributed by atoms with van der Waals surface area (Å²) < 4.78 is 5.73. The molecule has 0 saturated carbocycles. The van der Waals surface area contributed by atoms with Crippen molar-refractivity contribution >= 4 is 16.7 Å². The molecule has 1 saturated heterocycles. The molecule has 0 N–H and O–H groups in total. The third kappa shape index (κ3) is 3.01. The Morgan fingerprint density at radius 2 is 1.90 bits per heavy atom. The second-order valence-electron chi connectivity index (χ2n) is 7.19. The number of hydrogen-bond donors (Lipinski definition) is 0. The van der Waals surface area contributed by atoms with Crippen molar-refractivity contribution in [2.24, 2.45) is 0 Å². The first-order valence-corrected chi connectivity index (χ1v) is 9.83. The molecular weight excluding hydrogens is 374 g/mol. The van der Waals surface area contributed by atoms with Crippen LogP contribution in [0.3, 0.4) is 0 Å². The molecule has 146 valence electrons. The lowest BCUT2D eigenvalue weighted by atomic mass is 9.98. The second-order valence-corrected chi connectivity index (χ2v) is 7.19. The predicted octanol–water partition coefficient (Wildman–Crippen LogP) is 4.45. The second kappa shape index (κ2) is 7.45. The number of pyridine rings is 1. The Bertz CT molecular complexity index is 1280. The predicted molar refractivity (Wildman–Crippen MR) is 116 cm³/mol. The average Bonchev–Trinajstić information content (AvgIpc) is 2.77. The van der Waals surface area contributed by atoms with Gasteiger partial charge in [0.1, 0.15) is 17.1 Å². The molecule has 1 aliphatic rings. The Morgan fingerprint density at radius 3 is 2.60 bits per heavy atom. The first kappa shape index (κ1) is 18.1. The minimum absolute atomic E-state index is 0.623. The summed E-state index contributed by atoms with van der Waals surface area (Å²) in [4.78, 5) is 16.2. The van der Waals surface area contributed by atoms with Crippen molar-refractivity contribution < 1.29 is 4.74 Å². The molecule has 6 heteroatoms. The monoisotopic (exact) mass is 393 g/mol. The molecule has 2 aromatic carbocycles. The van der Waals surface area contributed by atoms with Crippen LogP contribution in [-0.4, -0.2) is 35.2 Å². The van der Waals surface area contributed by atoms with Crippen molar-refractivity contribution in [2.75, 3.05) is 25.1 Å². The van der Waals surface area contributed by atoms with Crippen molar-refractivity contribution in [2.45, 2.75) is 6.42 Å². The highest BCUT2D eigenvalue weighted by atomic mass is 16.5. The minimum atomic E-state index is 0.623. The molecule has 0 radical (unpaired) electrons. The zero-order valence-electron chi connectivity index (χ0n) is 16.5. The Kier molecular flexibility index (Phi) is 4.49. The maximum absolute atomic E-state index is 9.55. The third-order valence-electron chi connectivity index (χ3n) is 5.40. The molecule has 0 bridgehead atoms. The van der Waals surface area contributed by atoms with Crippen LogP contribution in [0, 0.1) is 11.3 Å². The Labute approximate surface area is 174 Å². The van der Waals surface area contributed by atoms with E-state index in [1.165, 1.54) is 0 Å². The molecule has 6 nitrogen and oxygen atoms in total. The molecule has 1 fully saturated rings. The molecule has 4 aromatic rings. The quantitative estimate of drug-likeness (QED) is 0.510. The summed E-state index contributed by atoms with van der Waals surface area (Å²) >= 11 is 0. The minimum Gasteiger partial charge on any atom is -0.494 e. The van der Waals surface area contributed by atoms with E-state index in [-0.39, 0.29) is 0 Å². The molecule has 0 atom stereocenters. The summed E-state index contributed by atoms with van der Waals surface area (Å²) in [6, 6.07) is 17.7. The van der Waals surface area contributed by atoms with Gasteiger partial charge in [0.05, 0.1) is 18.7 Å². The summed E-state index contributed by atoms with van der Waals surface area (Å²) in [6.07, 6.45) is 4.65. The van der Waals surface area contributed by atoms with Gasteiger partial charge >= 0.3 is 0 Å². The van der Waals surface area contributed by atoms with Gasteiger partial charge in [-0.1, -0.05) is 18.2 Å². The maximum atomic E-state index is 9.55. The first-order valence-electron chi connectivity index (χ1n) is 9.83. The fourth-order valence-corrected chi connectivity index (χ4v) is 3.72. The van der Waals surface area contributed by atoms with Crippen LogP contribution in [0.4, 0.5) is 5.82 Å². The number of nitrogens with zero attached hydrogens (tertiary/aromatic N) is 5. The van der Waals surface area contributed by atoms with E-state index in [1.807, 2.05) is 42.5 Å². The van der Waals surface area contributed by atoms with E-state index < -0.39 is 0 Å². The van der Waals surface area contributed by atoms with Crippen molar-refractivity contribution in [3.63, 3.8) is 0 Å². The van der Waals surface area contributed by atoms with Gasteiger partial charge in [-0.25, -0.2) is 9.97 Å². The van der Waals surface area contributed by atoms with E-state index >= 15 is 0 Å². The van der Waals surface area contributed by atoms with Gasteiger partial charge in [0.15, 0.2) is 5.82 Å². The molecule has 0 amide bonds. The van der Waals surface area contributed by atoms with Gasteiger partial charge in [-0.15, -0.1) is 0 Å². The topological polar surface area (TPSA) is 74.9 Å². The molecule has 0 aliphatic carbocycles. The zero-order chi connectivity index (χ0) is 20.5. The van der Waals surface area contributed by atoms with Gasteiger partial charge < -0.3 is 9.64 Å². The smallest absolute Gasteiger partial charge is 0.163 e. The van der Waals surface area contributed by atoms with Crippen LogP contribution in [0.5, 0.6) is 5.75 Å². The number of fused-ring (bicyclic) bond motifs is 1. The van der Waals surface area contributed by atoms with Crippen LogP contribution in [0.25, 0.3) is 33.4 Å². The van der Waals surface area contributed by atoms with E-state index in [0.717, 1.165) is 52.9 Å². The Hall–Kier alpha value is -3.98. The van der Waals surface area contributed by atoms with Gasteiger partial charge in [-0.05, 0) is 47.9 Å². The van der Waals surface area contributed by atoms with Crippen LogP contribution in [-0.2, 0) is 0 Å². The zero-order valence-corrected chi connectivity index (χ0v) is 16.5. The third-order valence-corrected chi connectivity index (χ3v) is 5.40.